The van der Waals surface area contributed by atoms with Crippen LogP contribution >= 0.6 is 0 Å². The molecule has 0 fully saturated rings. The van der Waals surface area contributed by atoms with Crippen LogP contribution in [0.5, 0.6) is 11.8 Å². The van der Waals surface area contributed by atoms with Gasteiger partial charge in [0.25, 0.3) is 5.91 Å². The molecule has 3 heterocycles. The highest BCUT2D eigenvalue weighted by Gasteiger charge is 2.19. The average molecular weight is 463 g/mol. The summed E-state index contributed by atoms with van der Waals surface area (Å²) in [4.78, 5) is 25.4. The number of aromatic nitrogens is 5. The van der Waals surface area contributed by atoms with Gasteiger partial charge < -0.3 is 24.5 Å². The normalized spacial score (nSPS) is 11.6. The fourth-order valence-electron chi connectivity index (χ4n) is 3.33. The standard InChI is InChI=1S/C23H25N7O4/c1-14-6-5-7-16(10-14)21-20(24-13-34-21)22(31)26-17-8-9-30(29-17)12-15(2)25-23-27-18(32-3)11-19(28-23)33-4/h5-11,13,15H,12H2,1-4H3,(H,25,27,28)(H,26,29,31)/t15-/m1/s1. The monoisotopic (exact) mass is 463 g/mol. The van der Waals surface area contributed by atoms with Crippen LogP contribution < -0.4 is 20.1 Å². The summed E-state index contributed by atoms with van der Waals surface area (Å²) in [6.45, 7) is 4.43. The molecule has 2 N–H and O–H groups in total. The second-order valence-electron chi connectivity index (χ2n) is 7.60. The van der Waals surface area contributed by atoms with Gasteiger partial charge in [-0.15, -0.1) is 0 Å². The van der Waals surface area contributed by atoms with Crippen LogP contribution in [0, 0.1) is 6.92 Å². The molecule has 34 heavy (non-hydrogen) atoms. The second kappa shape index (κ2) is 10.0. The van der Waals surface area contributed by atoms with Crippen LogP contribution in [0.15, 0.2) is 53.4 Å². The zero-order chi connectivity index (χ0) is 24.1. The quantitative estimate of drug-likeness (QED) is 0.383. The molecule has 1 aromatic carbocycles. The Hall–Kier alpha value is -4.41. The summed E-state index contributed by atoms with van der Waals surface area (Å²) in [6, 6.07) is 10.9. The lowest BCUT2D eigenvalue weighted by atomic mass is 10.1. The lowest BCUT2D eigenvalue weighted by Gasteiger charge is -2.15. The first kappa shape index (κ1) is 22.8. The van der Waals surface area contributed by atoms with Gasteiger partial charge in [-0.2, -0.15) is 15.1 Å². The summed E-state index contributed by atoms with van der Waals surface area (Å²) in [5.41, 5.74) is 2.03. The van der Waals surface area contributed by atoms with E-state index >= 15 is 0 Å². The van der Waals surface area contributed by atoms with Crippen LogP contribution in [0.2, 0.25) is 0 Å². The van der Waals surface area contributed by atoms with Crippen molar-refractivity contribution in [3.05, 3.63) is 60.2 Å². The molecule has 0 unspecified atom stereocenters. The SMILES string of the molecule is COc1cc(OC)nc(N[C@H](C)Cn2ccc(NC(=O)c3ncoc3-c3cccc(C)c3)n2)n1. The second-order valence-corrected chi connectivity index (χ2v) is 7.60. The maximum absolute atomic E-state index is 12.8. The molecule has 0 saturated heterocycles. The molecular weight excluding hydrogens is 438 g/mol. The van der Waals surface area contributed by atoms with Crippen molar-refractivity contribution in [2.75, 3.05) is 24.9 Å². The van der Waals surface area contributed by atoms with E-state index in [0.717, 1.165) is 11.1 Å². The number of anilines is 2. The lowest BCUT2D eigenvalue weighted by molar-refractivity contribution is 0.102. The number of carbonyl (C=O) groups is 1. The van der Waals surface area contributed by atoms with E-state index in [1.54, 1.807) is 23.0 Å². The van der Waals surface area contributed by atoms with Crippen molar-refractivity contribution in [1.29, 1.82) is 0 Å². The zero-order valence-electron chi connectivity index (χ0n) is 19.3. The average Bonchev–Trinajstić information content (AvgIpc) is 3.48. The van der Waals surface area contributed by atoms with E-state index in [4.69, 9.17) is 13.9 Å². The van der Waals surface area contributed by atoms with Crippen molar-refractivity contribution in [2.24, 2.45) is 0 Å². The maximum Gasteiger partial charge on any atom is 0.279 e. The molecule has 3 aromatic heterocycles. The van der Waals surface area contributed by atoms with Crippen molar-refractivity contribution in [3.63, 3.8) is 0 Å². The molecule has 4 rings (SSSR count). The molecular formula is C23H25N7O4. The molecule has 0 aliphatic rings. The number of rotatable bonds is 9. The topological polar surface area (TPSA) is 129 Å². The van der Waals surface area contributed by atoms with E-state index in [9.17, 15) is 4.79 Å². The molecule has 1 amide bonds. The fourth-order valence-corrected chi connectivity index (χ4v) is 3.33. The zero-order valence-corrected chi connectivity index (χ0v) is 19.3. The van der Waals surface area contributed by atoms with E-state index in [1.165, 1.54) is 20.6 Å². The molecule has 0 radical (unpaired) electrons. The molecule has 11 heteroatoms. The van der Waals surface area contributed by atoms with Gasteiger partial charge in [0.05, 0.1) is 26.8 Å². The van der Waals surface area contributed by atoms with Gasteiger partial charge in [0.2, 0.25) is 17.7 Å². The van der Waals surface area contributed by atoms with Crippen LogP contribution in [-0.4, -0.2) is 50.9 Å². The number of nitrogens with zero attached hydrogens (tertiary/aromatic N) is 5. The third-order valence-corrected chi connectivity index (χ3v) is 4.88. The Bertz CT molecular complexity index is 1260. The molecule has 0 aliphatic heterocycles. The van der Waals surface area contributed by atoms with Crippen LogP contribution in [0.4, 0.5) is 11.8 Å². The predicted molar refractivity (Wildman–Crippen MR) is 125 cm³/mol. The minimum Gasteiger partial charge on any atom is -0.481 e. The molecule has 176 valence electrons. The summed E-state index contributed by atoms with van der Waals surface area (Å²) in [5.74, 6) is 1.56. The highest BCUT2D eigenvalue weighted by Crippen LogP contribution is 2.24. The number of hydrogen-bond donors (Lipinski definition) is 2. The van der Waals surface area contributed by atoms with Crippen molar-refractivity contribution < 1.29 is 18.7 Å². The number of amides is 1. The minimum atomic E-state index is -0.404. The Kier molecular flexibility index (Phi) is 6.72. The van der Waals surface area contributed by atoms with Gasteiger partial charge in [0.15, 0.2) is 23.7 Å². The summed E-state index contributed by atoms with van der Waals surface area (Å²) in [6.07, 6.45) is 3.03. The van der Waals surface area contributed by atoms with Gasteiger partial charge >= 0.3 is 0 Å². The van der Waals surface area contributed by atoms with Crippen molar-refractivity contribution in [2.45, 2.75) is 26.4 Å². The third-order valence-electron chi connectivity index (χ3n) is 4.88. The number of nitrogens with one attached hydrogen (secondary N) is 2. The highest BCUT2D eigenvalue weighted by molar-refractivity contribution is 6.05. The minimum absolute atomic E-state index is 0.0799. The van der Waals surface area contributed by atoms with E-state index < -0.39 is 5.91 Å². The van der Waals surface area contributed by atoms with Gasteiger partial charge in [-0.05, 0) is 19.9 Å². The van der Waals surface area contributed by atoms with Gasteiger partial charge in [-0.3, -0.25) is 9.48 Å². The molecule has 0 spiro atoms. The van der Waals surface area contributed by atoms with E-state index in [2.05, 4.69) is 30.7 Å². The van der Waals surface area contributed by atoms with Crippen molar-refractivity contribution in [3.8, 4) is 23.1 Å². The number of aryl methyl sites for hydroxylation is 1. The Morgan fingerprint density at radius 2 is 1.91 bits per heavy atom. The van der Waals surface area contributed by atoms with Crippen LogP contribution in [-0.2, 0) is 6.54 Å². The molecule has 11 nitrogen and oxygen atoms in total. The lowest BCUT2D eigenvalue weighted by Crippen LogP contribution is -2.24. The van der Waals surface area contributed by atoms with Crippen molar-refractivity contribution in [1.82, 2.24) is 24.7 Å². The van der Waals surface area contributed by atoms with Crippen LogP contribution in [0.1, 0.15) is 23.0 Å². The van der Waals surface area contributed by atoms with E-state index in [1.807, 2.05) is 38.1 Å². The van der Waals surface area contributed by atoms with Gasteiger partial charge in [0, 0.05) is 23.9 Å². The third kappa shape index (κ3) is 5.31. The maximum atomic E-state index is 12.8. The van der Waals surface area contributed by atoms with Crippen LogP contribution in [0.3, 0.4) is 0 Å². The number of methoxy groups -OCH3 is 2. The largest absolute Gasteiger partial charge is 0.481 e. The Balaban J connectivity index is 1.40. The van der Waals surface area contributed by atoms with Crippen LogP contribution in [0.25, 0.3) is 11.3 Å². The van der Waals surface area contributed by atoms with Gasteiger partial charge in [0.1, 0.15) is 0 Å². The molecule has 1 atom stereocenters. The summed E-state index contributed by atoms with van der Waals surface area (Å²) in [7, 11) is 3.05. The number of benzene rings is 1. The highest BCUT2D eigenvalue weighted by atomic mass is 16.5. The van der Waals surface area contributed by atoms with E-state index in [0.29, 0.717) is 35.8 Å². The number of oxazole rings is 1. The van der Waals surface area contributed by atoms with Gasteiger partial charge in [-0.1, -0.05) is 23.8 Å². The Morgan fingerprint density at radius 3 is 2.62 bits per heavy atom. The summed E-state index contributed by atoms with van der Waals surface area (Å²) < 4.78 is 17.5. The Morgan fingerprint density at radius 1 is 1.15 bits per heavy atom. The predicted octanol–water partition coefficient (Wildman–Crippen LogP) is 3.41. The number of ether oxygens (including phenoxy) is 2. The fraction of sp³-hybridized carbons (Fsp3) is 0.261. The first-order valence-corrected chi connectivity index (χ1v) is 10.5. The first-order valence-electron chi connectivity index (χ1n) is 10.5. The molecule has 0 bridgehead atoms. The smallest absolute Gasteiger partial charge is 0.279 e. The number of hydrogen-bond acceptors (Lipinski definition) is 9. The first-order chi connectivity index (χ1) is 16.4. The summed E-state index contributed by atoms with van der Waals surface area (Å²) >= 11 is 0. The summed E-state index contributed by atoms with van der Waals surface area (Å²) in [5, 5.41) is 10.4. The van der Waals surface area contributed by atoms with E-state index in [-0.39, 0.29) is 11.7 Å². The van der Waals surface area contributed by atoms with Crippen molar-refractivity contribution >= 4 is 17.7 Å². The Labute approximate surface area is 196 Å². The molecule has 4 aromatic rings. The molecule has 0 saturated carbocycles. The number of carbonyl (C=O) groups excluding carboxylic acids is 1. The van der Waals surface area contributed by atoms with Gasteiger partial charge in [-0.25, -0.2) is 4.98 Å². The molecule has 0 aliphatic carbocycles.